The zero-order chi connectivity index (χ0) is 31.0. The van der Waals surface area contributed by atoms with Crippen LogP contribution in [0.3, 0.4) is 0 Å². The number of hydrogen-bond donors (Lipinski definition) is 0. The summed E-state index contributed by atoms with van der Waals surface area (Å²) in [4.78, 5) is 28.4. The first-order chi connectivity index (χ1) is 21.3. The van der Waals surface area contributed by atoms with Crippen molar-refractivity contribution in [2.75, 3.05) is 42.5 Å². The average molecular weight is 587 g/mol. The van der Waals surface area contributed by atoms with Crippen LogP contribution in [0.1, 0.15) is 53.3 Å². The van der Waals surface area contributed by atoms with Crippen molar-refractivity contribution in [3.8, 4) is 17.7 Å². The number of hydrogen-bond acceptors (Lipinski definition) is 7. The lowest BCUT2D eigenvalue weighted by atomic mass is 9.94. The van der Waals surface area contributed by atoms with Gasteiger partial charge in [0.1, 0.15) is 17.5 Å². The second-order valence-electron chi connectivity index (χ2n) is 11.9. The van der Waals surface area contributed by atoms with Gasteiger partial charge in [-0.25, -0.2) is 0 Å². The molecule has 224 valence electrons. The molecule has 0 aliphatic carbocycles. The second kappa shape index (κ2) is 12.0. The predicted molar refractivity (Wildman–Crippen MR) is 175 cm³/mol. The van der Waals surface area contributed by atoms with Gasteiger partial charge in [0.2, 0.25) is 11.8 Å². The van der Waals surface area contributed by atoms with Gasteiger partial charge >= 0.3 is 0 Å². The normalized spacial score (nSPS) is 14.9. The van der Waals surface area contributed by atoms with Gasteiger partial charge in [-0.1, -0.05) is 50.8 Å². The molecular formula is C36H38N6O2. The molecule has 1 fully saturated rings. The molecule has 8 heteroatoms. The molecule has 44 heavy (non-hydrogen) atoms. The number of fused-ring (bicyclic) bond motifs is 2. The summed E-state index contributed by atoms with van der Waals surface area (Å²) >= 11 is 0. The van der Waals surface area contributed by atoms with Crippen molar-refractivity contribution in [1.82, 2.24) is 14.9 Å². The Balaban J connectivity index is 1.47. The summed E-state index contributed by atoms with van der Waals surface area (Å²) in [7, 11) is 0. The zero-order valence-electron chi connectivity index (χ0n) is 25.9. The Bertz CT molecular complexity index is 1790. The van der Waals surface area contributed by atoms with Crippen molar-refractivity contribution >= 4 is 28.2 Å². The number of nitrogens with zero attached hydrogens (tertiary/aromatic N) is 6. The molecule has 8 nitrogen and oxygen atoms in total. The van der Waals surface area contributed by atoms with Crippen LogP contribution in [0, 0.1) is 25.2 Å². The van der Waals surface area contributed by atoms with E-state index in [-0.39, 0.29) is 11.8 Å². The molecule has 2 aliphatic rings. The molecule has 2 aliphatic heterocycles. The number of benzene rings is 2. The number of carbonyl (C=O) groups is 1. The molecule has 0 atom stereocenters. The quantitative estimate of drug-likeness (QED) is 0.241. The fraction of sp³-hybridized carbons (Fsp3) is 0.333. The SMILES string of the molecule is C=CC(=O)N1CCN(c2nc(Oc3c(C)ccnc3C(C)C)c(C#N)c3c2CCN(c2cccc4cccc(C)c24)C3)CC1. The molecule has 1 amide bonds. The zero-order valence-corrected chi connectivity index (χ0v) is 25.9. The minimum Gasteiger partial charge on any atom is -0.435 e. The van der Waals surface area contributed by atoms with Crippen molar-refractivity contribution in [1.29, 1.82) is 5.26 Å². The Kier molecular flexibility index (Phi) is 7.96. The number of amides is 1. The van der Waals surface area contributed by atoms with Gasteiger partial charge in [0, 0.05) is 67.7 Å². The van der Waals surface area contributed by atoms with E-state index in [0.717, 1.165) is 46.9 Å². The smallest absolute Gasteiger partial charge is 0.246 e. The molecule has 2 aromatic carbocycles. The molecular weight excluding hydrogens is 548 g/mol. The van der Waals surface area contributed by atoms with Crippen molar-refractivity contribution < 1.29 is 9.53 Å². The van der Waals surface area contributed by atoms with E-state index in [1.54, 1.807) is 6.20 Å². The summed E-state index contributed by atoms with van der Waals surface area (Å²) in [5, 5.41) is 13.1. The fourth-order valence-electron chi connectivity index (χ4n) is 6.49. The summed E-state index contributed by atoms with van der Waals surface area (Å²) in [5.74, 6) is 1.86. The van der Waals surface area contributed by atoms with Crippen molar-refractivity contribution in [2.24, 2.45) is 0 Å². The van der Waals surface area contributed by atoms with Gasteiger partial charge in [0.15, 0.2) is 5.75 Å². The summed E-state index contributed by atoms with van der Waals surface area (Å²) in [6, 6.07) is 17.2. The highest BCUT2D eigenvalue weighted by Crippen LogP contribution is 2.41. The first-order valence-electron chi connectivity index (χ1n) is 15.3. The van der Waals surface area contributed by atoms with Gasteiger partial charge < -0.3 is 19.4 Å². The van der Waals surface area contributed by atoms with Gasteiger partial charge in [0.25, 0.3) is 0 Å². The Morgan fingerprint density at radius 2 is 1.75 bits per heavy atom. The van der Waals surface area contributed by atoms with Crippen LogP contribution in [0.4, 0.5) is 11.5 Å². The molecule has 0 N–H and O–H groups in total. The highest BCUT2D eigenvalue weighted by atomic mass is 16.5. The molecule has 2 aromatic heterocycles. The van der Waals surface area contributed by atoms with E-state index >= 15 is 0 Å². The molecule has 1 saturated heterocycles. The van der Waals surface area contributed by atoms with Gasteiger partial charge in [-0.2, -0.15) is 10.2 Å². The van der Waals surface area contributed by atoms with Crippen LogP contribution >= 0.6 is 0 Å². The number of rotatable bonds is 6. The number of aromatic nitrogens is 2. The number of carbonyl (C=O) groups excluding carboxylic acids is 1. The van der Waals surface area contributed by atoms with E-state index in [4.69, 9.17) is 9.72 Å². The summed E-state index contributed by atoms with van der Waals surface area (Å²) < 4.78 is 6.61. The minimum atomic E-state index is -0.0576. The van der Waals surface area contributed by atoms with E-state index in [0.29, 0.717) is 49.9 Å². The summed E-state index contributed by atoms with van der Waals surface area (Å²) in [6.07, 6.45) is 3.90. The Labute approximate surface area is 259 Å². The molecule has 0 unspecified atom stereocenters. The average Bonchev–Trinajstić information content (AvgIpc) is 3.04. The Hall–Kier alpha value is -4.90. The van der Waals surface area contributed by atoms with Crippen LogP contribution in [0.25, 0.3) is 10.8 Å². The Morgan fingerprint density at radius 1 is 1.00 bits per heavy atom. The van der Waals surface area contributed by atoms with Gasteiger partial charge in [0.05, 0.1) is 5.69 Å². The minimum absolute atomic E-state index is 0.0576. The standard InChI is InChI=1S/C36H38N6O2/c1-6-31(43)40-17-19-41(20-18-40)35-27-14-16-42(30-12-8-11-26-10-7-9-24(4)32(26)30)22-29(27)28(21-37)36(39-35)44-34-25(5)13-15-38-33(34)23(2)3/h6-13,15,23H,1,14,16-20,22H2,2-5H3. The predicted octanol–water partition coefficient (Wildman–Crippen LogP) is 6.43. The topological polar surface area (TPSA) is 85.6 Å². The Morgan fingerprint density at radius 3 is 2.45 bits per heavy atom. The third-order valence-electron chi connectivity index (χ3n) is 8.82. The van der Waals surface area contributed by atoms with Crippen molar-refractivity contribution in [3.63, 3.8) is 0 Å². The first-order valence-corrected chi connectivity index (χ1v) is 15.3. The number of piperazine rings is 1. The van der Waals surface area contributed by atoms with E-state index < -0.39 is 0 Å². The van der Waals surface area contributed by atoms with Crippen molar-refractivity contribution in [2.45, 2.75) is 46.6 Å². The number of pyridine rings is 2. The van der Waals surface area contributed by atoms with E-state index in [9.17, 15) is 10.1 Å². The third-order valence-corrected chi connectivity index (χ3v) is 8.82. The van der Waals surface area contributed by atoms with Crippen LogP contribution < -0.4 is 14.5 Å². The lowest BCUT2D eigenvalue weighted by Crippen LogP contribution is -2.49. The number of aryl methyl sites for hydroxylation is 2. The van der Waals surface area contributed by atoms with Crippen molar-refractivity contribution in [3.05, 3.63) is 94.8 Å². The molecule has 0 spiro atoms. The lowest BCUT2D eigenvalue weighted by Gasteiger charge is -2.39. The van der Waals surface area contributed by atoms with Crippen LogP contribution in [0.15, 0.2) is 61.3 Å². The summed E-state index contributed by atoms with van der Waals surface area (Å²) in [6.45, 7) is 15.8. The van der Waals surface area contributed by atoms with Gasteiger partial charge in [-0.05, 0) is 60.9 Å². The number of nitriles is 1. The highest BCUT2D eigenvalue weighted by molar-refractivity contribution is 5.97. The van der Waals surface area contributed by atoms with E-state index in [1.165, 1.54) is 22.4 Å². The lowest BCUT2D eigenvalue weighted by molar-refractivity contribution is -0.126. The highest BCUT2D eigenvalue weighted by Gasteiger charge is 2.32. The molecule has 0 radical (unpaired) electrons. The van der Waals surface area contributed by atoms with Crippen LogP contribution in [0.5, 0.6) is 11.6 Å². The van der Waals surface area contributed by atoms with Crippen LogP contribution in [0.2, 0.25) is 0 Å². The van der Waals surface area contributed by atoms with Crippen LogP contribution in [-0.2, 0) is 17.8 Å². The molecule has 4 aromatic rings. The molecule has 0 saturated carbocycles. The molecule has 0 bridgehead atoms. The first kappa shape index (κ1) is 29.2. The third kappa shape index (κ3) is 5.24. The van der Waals surface area contributed by atoms with E-state index in [1.807, 2.05) is 17.9 Å². The second-order valence-corrected chi connectivity index (χ2v) is 11.9. The maximum absolute atomic E-state index is 12.3. The molecule has 4 heterocycles. The maximum Gasteiger partial charge on any atom is 0.246 e. The van der Waals surface area contributed by atoms with Gasteiger partial charge in [-0.15, -0.1) is 0 Å². The number of ether oxygens (including phenoxy) is 1. The maximum atomic E-state index is 12.3. The van der Waals surface area contributed by atoms with E-state index in [2.05, 4.69) is 84.6 Å². The largest absolute Gasteiger partial charge is 0.435 e. The summed E-state index contributed by atoms with van der Waals surface area (Å²) in [5.41, 5.74) is 6.65. The van der Waals surface area contributed by atoms with Crippen LogP contribution in [-0.4, -0.2) is 53.5 Å². The van der Waals surface area contributed by atoms with Gasteiger partial charge in [-0.3, -0.25) is 9.78 Å². The monoisotopic (exact) mass is 586 g/mol. The number of anilines is 2. The fourth-order valence-corrected chi connectivity index (χ4v) is 6.49. The molecule has 6 rings (SSSR count).